The van der Waals surface area contributed by atoms with Gasteiger partial charge in [-0.2, -0.15) is 0 Å². The molecule has 0 saturated carbocycles. The van der Waals surface area contributed by atoms with Gasteiger partial charge in [0.05, 0.1) is 17.6 Å². The van der Waals surface area contributed by atoms with Gasteiger partial charge in [-0.25, -0.2) is 4.98 Å². The van der Waals surface area contributed by atoms with Crippen LogP contribution < -0.4 is 5.32 Å². The first kappa shape index (κ1) is 12.1. The van der Waals surface area contributed by atoms with Gasteiger partial charge in [-0.1, -0.05) is 31.9 Å². The molecule has 17 heavy (non-hydrogen) atoms. The fraction of sp³-hybridized carbons (Fsp3) is 0.500. The minimum atomic E-state index is 0.558. The maximum absolute atomic E-state index is 4.55. The highest BCUT2D eigenvalue weighted by molar-refractivity contribution is 5.74. The van der Waals surface area contributed by atoms with E-state index >= 15 is 0 Å². The summed E-state index contributed by atoms with van der Waals surface area (Å²) in [4.78, 5) is 7.88. The number of rotatable bonds is 6. The van der Waals surface area contributed by atoms with Crippen molar-refractivity contribution in [1.29, 1.82) is 0 Å². The lowest BCUT2D eigenvalue weighted by molar-refractivity contribution is 0.489. The second kappa shape index (κ2) is 5.82. The number of aromatic nitrogens is 2. The molecule has 0 aliphatic carbocycles. The van der Waals surface area contributed by atoms with Crippen LogP contribution in [-0.4, -0.2) is 16.0 Å². The third kappa shape index (κ3) is 3.30. The molecule has 1 heterocycles. The highest BCUT2D eigenvalue weighted by atomic mass is 15.0. The molecule has 1 aromatic carbocycles. The summed E-state index contributed by atoms with van der Waals surface area (Å²) in [6.07, 6.45) is 3.78. The summed E-state index contributed by atoms with van der Waals surface area (Å²) in [6, 6.07) is 8.71. The Kier molecular flexibility index (Phi) is 4.15. The molecule has 2 rings (SSSR count). The highest BCUT2D eigenvalue weighted by Crippen LogP contribution is 2.10. The molecule has 2 aromatic rings. The number of imidazole rings is 1. The predicted molar refractivity (Wildman–Crippen MR) is 71.9 cm³/mol. The van der Waals surface area contributed by atoms with Gasteiger partial charge in [0.15, 0.2) is 0 Å². The quantitative estimate of drug-likeness (QED) is 0.801. The van der Waals surface area contributed by atoms with E-state index in [2.05, 4.69) is 35.2 Å². The van der Waals surface area contributed by atoms with E-state index in [1.54, 1.807) is 0 Å². The number of hydrogen-bond acceptors (Lipinski definition) is 2. The molecule has 2 N–H and O–H groups in total. The van der Waals surface area contributed by atoms with Crippen LogP contribution >= 0.6 is 0 Å². The molecule has 0 amide bonds. The number of H-pyrrole nitrogens is 1. The van der Waals surface area contributed by atoms with Crippen molar-refractivity contribution in [1.82, 2.24) is 15.3 Å². The zero-order valence-electron chi connectivity index (χ0n) is 10.7. The van der Waals surface area contributed by atoms with Gasteiger partial charge < -0.3 is 10.3 Å². The minimum absolute atomic E-state index is 0.558. The van der Waals surface area contributed by atoms with E-state index in [9.17, 15) is 0 Å². The Morgan fingerprint density at radius 2 is 2.18 bits per heavy atom. The third-order valence-corrected chi connectivity index (χ3v) is 3.05. The molecule has 0 aliphatic rings. The van der Waals surface area contributed by atoms with Crippen LogP contribution in [0.15, 0.2) is 24.3 Å². The second-order valence-electron chi connectivity index (χ2n) is 4.62. The Hall–Kier alpha value is -1.35. The number of benzene rings is 1. The Bertz CT molecular complexity index is 428. The number of nitrogens with one attached hydrogen (secondary N) is 2. The van der Waals surface area contributed by atoms with E-state index < -0.39 is 0 Å². The molecule has 0 aliphatic heterocycles. The largest absolute Gasteiger partial charge is 0.341 e. The molecule has 1 unspecified atom stereocenters. The van der Waals surface area contributed by atoms with E-state index in [0.717, 1.165) is 23.4 Å². The molecular formula is C14H21N3. The zero-order chi connectivity index (χ0) is 12.1. The van der Waals surface area contributed by atoms with E-state index in [-0.39, 0.29) is 0 Å². The normalized spacial score (nSPS) is 13.1. The lowest BCUT2D eigenvalue weighted by atomic mass is 10.1. The summed E-state index contributed by atoms with van der Waals surface area (Å²) in [7, 11) is 0. The van der Waals surface area contributed by atoms with E-state index in [0.29, 0.717) is 6.04 Å². The average Bonchev–Trinajstić information content (AvgIpc) is 2.76. The third-order valence-electron chi connectivity index (χ3n) is 3.05. The number of para-hydroxylation sites is 2. The summed E-state index contributed by atoms with van der Waals surface area (Å²) in [5.74, 6) is 1.02. The Morgan fingerprint density at radius 1 is 1.35 bits per heavy atom. The second-order valence-corrected chi connectivity index (χ2v) is 4.62. The summed E-state index contributed by atoms with van der Waals surface area (Å²) in [6.45, 7) is 5.28. The van der Waals surface area contributed by atoms with Crippen molar-refractivity contribution in [2.75, 3.05) is 0 Å². The average molecular weight is 231 g/mol. The van der Waals surface area contributed by atoms with Crippen molar-refractivity contribution < 1.29 is 0 Å². The van der Waals surface area contributed by atoms with Gasteiger partial charge in [-0.05, 0) is 25.5 Å². The van der Waals surface area contributed by atoms with Crippen molar-refractivity contribution in [3.05, 3.63) is 30.1 Å². The molecule has 0 fully saturated rings. The van der Waals surface area contributed by atoms with Gasteiger partial charge in [0.25, 0.3) is 0 Å². The van der Waals surface area contributed by atoms with Gasteiger partial charge in [0.2, 0.25) is 0 Å². The van der Waals surface area contributed by atoms with Crippen molar-refractivity contribution in [3.63, 3.8) is 0 Å². The van der Waals surface area contributed by atoms with Crippen LogP contribution in [0.1, 0.15) is 38.9 Å². The van der Waals surface area contributed by atoms with Crippen LogP contribution in [0, 0.1) is 0 Å². The molecular weight excluding hydrogens is 210 g/mol. The molecule has 3 heteroatoms. The summed E-state index contributed by atoms with van der Waals surface area (Å²) < 4.78 is 0. The van der Waals surface area contributed by atoms with Crippen molar-refractivity contribution >= 4 is 11.0 Å². The molecule has 1 aromatic heterocycles. The van der Waals surface area contributed by atoms with Gasteiger partial charge in [-0.3, -0.25) is 0 Å². The topological polar surface area (TPSA) is 40.7 Å². The Balaban J connectivity index is 1.90. The molecule has 1 atom stereocenters. The monoisotopic (exact) mass is 231 g/mol. The van der Waals surface area contributed by atoms with Gasteiger partial charge >= 0.3 is 0 Å². The summed E-state index contributed by atoms with van der Waals surface area (Å²) in [5, 5.41) is 3.50. The molecule has 0 bridgehead atoms. The first-order valence-corrected chi connectivity index (χ1v) is 6.46. The maximum Gasteiger partial charge on any atom is 0.121 e. The highest BCUT2D eigenvalue weighted by Gasteiger charge is 2.04. The number of aromatic amines is 1. The van der Waals surface area contributed by atoms with Crippen LogP contribution in [0.3, 0.4) is 0 Å². The van der Waals surface area contributed by atoms with Crippen LogP contribution in [0.25, 0.3) is 11.0 Å². The number of nitrogens with zero attached hydrogens (tertiary/aromatic N) is 1. The van der Waals surface area contributed by atoms with Gasteiger partial charge in [0.1, 0.15) is 5.82 Å². The molecule has 0 radical (unpaired) electrons. The number of hydrogen-bond donors (Lipinski definition) is 2. The van der Waals surface area contributed by atoms with Gasteiger partial charge in [0, 0.05) is 6.04 Å². The van der Waals surface area contributed by atoms with Crippen LogP contribution in [-0.2, 0) is 6.54 Å². The Labute approximate surface area is 103 Å². The molecule has 92 valence electrons. The standard InChI is InChI=1S/C14H21N3/c1-3-4-7-11(2)15-10-14-16-12-8-5-6-9-13(12)17-14/h5-6,8-9,11,15H,3-4,7,10H2,1-2H3,(H,16,17). The van der Waals surface area contributed by atoms with E-state index in [4.69, 9.17) is 0 Å². The maximum atomic E-state index is 4.55. The SMILES string of the molecule is CCCCC(C)NCc1nc2ccccc2[nH]1. The number of unbranched alkanes of at least 4 members (excludes halogenated alkanes) is 1. The summed E-state index contributed by atoms with van der Waals surface area (Å²) in [5.41, 5.74) is 2.16. The molecule has 3 nitrogen and oxygen atoms in total. The van der Waals surface area contributed by atoms with Gasteiger partial charge in [-0.15, -0.1) is 0 Å². The lowest BCUT2D eigenvalue weighted by Crippen LogP contribution is -2.25. The first-order valence-electron chi connectivity index (χ1n) is 6.46. The fourth-order valence-electron chi connectivity index (χ4n) is 1.97. The van der Waals surface area contributed by atoms with Crippen LogP contribution in [0.2, 0.25) is 0 Å². The first-order chi connectivity index (χ1) is 8.29. The molecule has 0 spiro atoms. The predicted octanol–water partition coefficient (Wildman–Crippen LogP) is 3.23. The van der Waals surface area contributed by atoms with Crippen molar-refractivity contribution in [3.8, 4) is 0 Å². The minimum Gasteiger partial charge on any atom is -0.341 e. The summed E-state index contributed by atoms with van der Waals surface area (Å²) >= 11 is 0. The molecule has 0 saturated heterocycles. The van der Waals surface area contributed by atoms with E-state index in [1.165, 1.54) is 19.3 Å². The van der Waals surface area contributed by atoms with Crippen LogP contribution in [0.4, 0.5) is 0 Å². The Morgan fingerprint density at radius 3 is 2.94 bits per heavy atom. The van der Waals surface area contributed by atoms with Crippen molar-refractivity contribution in [2.45, 2.75) is 45.7 Å². The zero-order valence-corrected chi connectivity index (χ0v) is 10.7. The van der Waals surface area contributed by atoms with E-state index in [1.807, 2.05) is 18.2 Å². The number of fused-ring (bicyclic) bond motifs is 1. The van der Waals surface area contributed by atoms with Crippen LogP contribution in [0.5, 0.6) is 0 Å². The fourth-order valence-corrected chi connectivity index (χ4v) is 1.97. The van der Waals surface area contributed by atoms with Crippen molar-refractivity contribution in [2.24, 2.45) is 0 Å². The lowest BCUT2D eigenvalue weighted by Gasteiger charge is -2.11. The smallest absolute Gasteiger partial charge is 0.121 e.